The van der Waals surface area contributed by atoms with Gasteiger partial charge in [0.15, 0.2) is 0 Å². The Morgan fingerprint density at radius 2 is 2.00 bits per heavy atom. The van der Waals surface area contributed by atoms with E-state index in [-0.39, 0.29) is 5.91 Å². The molecule has 1 amide bonds. The number of aryl methyl sites for hydroxylation is 1. The Labute approximate surface area is 143 Å². The van der Waals surface area contributed by atoms with Crippen LogP contribution in [0.5, 0.6) is 0 Å². The number of amides is 1. The molecular formula is C18H16BrN3O. The van der Waals surface area contributed by atoms with E-state index in [0.717, 1.165) is 27.8 Å². The maximum Gasteiger partial charge on any atom is 0.255 e. The van der Waals surface area contributed by atoms with Crippen molar-refractivity contribution in [2.75, 3.05) is 5.32 Å². The van der Waals surface area contributed by atoms with Crippen molar-refractivity contribution in [1.82, 2.24) is 9.55 Å². The summed E-state index contributed by atoms with van der Waals surface area (Å²) >= 11 is 3.45. The van der Waals surface area contributed by atoms with Gasteiger partial charge in [0.2, 0.25) is 0 Å². The van der Waals surface area contributed by atoms with E-state index < -0.39 is 0 Å². The Balaban J connectivity index is 1.68. The minimum atomic E-state index is -0.110. The summed E-state index contributed by atoms with van der Waals surface area (Å²) in [4.78, 5) is 16.3. The Morgan fingerprint density at radius 1 is 1.22 bits per heavy atom. The molecule has 116 valence electrons. The van der Waals surface area contributed by atoms with Crippen LogP contribution in [-0.4, -0.2) is 15.5 Å². The molecule has 0 aliphatic rings. The first-order valence-corrected chi connectivity index (χ1v) is 8.03. The molecule has 23 heavy (non-hydrogen) atoms. The third kappa shape index (κ3) is 3.87. The molecule has 0 aliphatic carbocycles. The summed E-state index contributed by atoms with van der Waals surface area (Å²) in [5.41, 5.74) is 3.63. The number of nitrogens with zero attached hydrogens (tertiary/aromatic N) is 2. The fourth-order valence-electron chi connectivity index (χ4n) is 2.28. The number of benzene rings is 2. The first-order valence-electron chi connectivity index (χ1n) is 7.24. The number of rotatable bonds is 4. The van der Waals surface area contributed by atoms with Gasteiger partial charge in [0.05, 0.1) is 6.33 Å². The van der Waals surface area contributed by atoms with Gasteiger partial charge in [-0.05, 0) is 48.4 Å². The number of imidazole rings is 1. The number of nitrogens with one attached hydrogen (secondary N) is 1. The zero-order valence-corrected chi connectivity index (χ0v) is 14.2. The zero-order valence-electron chi connectivity index (χ0n) is 12.7. The number of aromatic nitrogens is 2. The molecule has 0 saturated carbocycles. The Hall–Kier alpha value is -2.40. The molecule has 3 aromatic rings. The lowest BCUT2D eigenvalue weighted by atomic mass is 10.1. The Morgan fingerprint density at radius 3 is 2.65 bits per heavy atom. The second kappa shape index (κ2) is 6.79. The van der Waals surface area contributed by atoms with Crippen LogP contribution in [0.1, 0.15) is 21.5 Å². The molecule has 1 heterocycles. The van der Waals surface area contributed by atoms with Crippen LogP contribution in [0.3, 0.4) is 0 Å². The third-order valence-electron chi connectivity index (χ3n) is 3.56. The summed E-state index contributed by atoms with van der Waals surface area (Å²) in [6.45, 7) is 2.73. The van der Waals surface area contributed by atoms with E-state index in [4.69, 9.17) is 0 Å². The summed E-state index contributed by atoms with van der Waals surface area (Å²) < 4.78 is 3.01. The number of carbonyl (C=O) groups is 1. The minimum Gasteiger partial charge on any atom is -0.333 e. The fraction of sp³-hybridized carbons (Fsp3) is 0.111. The van der Waals surface area contributed by atoms with Crippen LogP contribution in [0, 0.1) is 6.92 Å². The number of carbonyl (C=O) groups excluding carboxylic acids is 1. The molecule has 5 heteroatoms. The topological polar surface area (TPSA) is 46.9 Å². The minimum absolute atomic E-state index is 0.110. The van der Waals surface area contributed by atoms with Crippen molar-refractivity contribution in [3.63, 3.8) is 0 Å². The van der Waals surface area contributed by atoms with Gasteiger partial charge in [0, 0.05) is 34.7 Å². The van der Waals surface area contributed by atoms with Gasteiger partial charge in [-0.1, -0.05) is 28.1 Å². The van der Waals surface area contributed by atoms with Crippen molar-refractivity contribution < 1.29 is 4.79 Å². The molecule has 0 saturated heterocycles. The van der Waals surface area contributed by atoms with Gasteiger partial charge in [0.25, 0.3) is 5.91 Å². The molecule has 0 aliphatic heterocycles. The predicted molar refractivity (Wildman–Crippen MR) is 94.6 cm³/mol. The molecule has 0 atom stereocenters. The third-order valence-corrected chi connectivity index (χ3v) is 4.45. The highest BCUT2D eigenvalue weighted by Gasteiger charge is 2.07. The maximum atomic E-state index is 12.3. The van der Waals surface area contributed by atoms with E-state index in [1.165, 1.54) is 0 Å². The molecule has 1 aromatic heterocycles. The average Bonchev–Trinajstić information content (AvgIpc) is 3.04. The van der Waals surface area contributed by atoms with Crippen LogP contribution in [0.4, 0.5) is 5.69 Å². The van der Waals surface area contributed by atoms with Crippen molar-refractivity contribution in [3.8, 4) is 0 Å². The van der Waals surface area contributed by atoms with Gasteiger partial charge >= 0.3 is 0 Å². The predicted octanol–water partition coefficient (Wildman–Crippen LogP) is 4.25. The first kappa shape index (κ1) is 15.5. The van der Waals surface area contributed by atoms with Gasteiger partial charge in [-0.3, -0.25) is 4.79 Å². The molecular weight excluding hydrogens is 354 g/mol. The van der Waals surface area contributed by atoms with Crippen LogP contribution in [0.15, 0.2) is 65.7 Å². The average molecular weight is 370 g/mol. The monoisotopic (exact) mass is 369 g/mol. The summed E-state index contributed by atoms with van der Waals surface area (Å²) in [5, 5.41) is 2.92. The van der Waals surface area contributed by atoms with Crippen molar-refractivity contribution in [3.05, 3.63) is 82.3 Å². The Kier molecular flexibility index (Phi) is 4.57. The highest BCUT2D eigenvalue weighted by molar-refractivity contribution is 9.10. The highest BCUT2D eigenvalue weighted by Crippen LogP contribution is 2.20. The van der Waals surface area contributed by atoms with Crippen LogP contribution >= 0.6 is 15.9 Å². The largest absolute Gasteiger partial charge is 0.333 e. The highest BCUT2D eigenvalue weighted by atomic mass is 79.9. The van der Waals surface area contributed by atoms with Gasteiger partial charge in [-0.15, -0.1) is 0 Å². The molecule has 0 radical (unpaired) electrons. The molecule has 0 unspecified atom stereocenters. The second-order valence-corrected chi connectivity index (χ2v) is 6.20. The SMILES string of the molecule is Cc1cc(NC(=O)c2ccc(Cn3ccnc3)cc2)ccc1Br. The second-order valence-electron chi connectivity index (χ2n) is 5.35. The molecule has 1 N–H and O–H groups in total. The smallest absolute Gasteiger partial charge is 0.255 e. The molecule has 4 nitrogen and oxygen atoms in total. The van der Waals surface area contributed by atoms with E-state index >= 15 is 0 Å². The lowest BCUT2D eigenvalue weighted by molar-refractivity contribution is 0.102. The fourth-order valence-corrected chi connectivity index (χ4v) is 2.52. The summed E-state index contributed by atoms with van der Waals surface area (Å²) in [7, 11) is 0. The molecule has 0 fully saturated rings. The van der Waals surface area contributed by atoms with E-state index in [0.29, 0.717) is 5.56 Å². The van der Waals surface area contributed by atoms with E-state index in [9.17, 15) is 4.79 Å². The number of hydrogen-bond donors (Lipinski definition) is 1. The van der Waals surface area contributed by atoms with Crippen molar-refractivity contribution >= 4 is 27.5 Å². The van der Waals surface area contributed by atoms with E-state index in [2.05, 4.69) is 26.2 Å². The van der Waals surface area contributed by atoms with E-state index in [1.54, 1.807) is 12.5 Å². The van der Waals surface area contributed by atoms with E-state index in [1.807, 2.05) is 60.2 Å². The molecule has 0 bridgehead atoms. The van der Waals surface area contributed by atoms with Crippen LogP contribution in [-0.2, 0) is 6.54 Å². The van der Waals surface area contributed by atoms with Gasteiger partial charge in [-0.2, -0.15) is 0 Å². The quantitative estimate of drug-likeness (QED) is 0.746. The normalized spacial score (nSPS) is 10.5. The lowest BCUT2D eigenvalue weighted by Crippen LogP contribution is -2.12. The van der Waals surface area contributed by atoms with Crippen LogP contribution < -0.4 is 5.32 Å². The van der Waals surface area contributed by atoms with Crippen LogP contribution in [0.2, 0.25) is 0 Å². The standard InChI is InChI=1S/C18H16BrN3O/c1-13-10-16(6-7-17(13)19)21-18(23)15-4-2-14(3-5-15)11-22-9-8-20-12-22/h2-10,12H,11H2,1H3,(H,21,23). The first-order chi connectivity index (χ1) is 11.1. The van der Waals surface area contributed by atoms with Gasteiger partial charge in [-0.25, -0.2) is 4.98 Å². The van der Waals surface area contributed by atoms with Gasteiger partial charge in [0.1, 0.15) is 0 Å². The summed E-state index contributed by atoms with van der Waals surface area (Å²) in [6.07, 6.45) is 5.44. The zero-order chi connectivity index (χ0) is 16.2. The molecule has 2 aromatic carbocycles. The van der Waals surface area contributed by atoms with Crippen molar-refractivity contribution in [2.45, 2.75) is 13.5 Å². The van der Waals surface area contributed by atoms with Crippen molar-refractivity contribution in [1.29, 1.82) is 0 Å². The van der Waals surface area contributed by atoms with Crippen LogP contribution in [0.25, 0.3) is 0 Å². The number of hydrogen-bond acceptors (Lipinski definition) is 2. The maximum absolute atomic E-state index is 12.3. The summed E-state index contributed by atoms with van der Waals surface area (Å²) in [6, 6.07) is 13.3. The van der Waals surface area contributed by atoms with Gasteiger partial charge < -0.3 is 9.88 Å². The molecule has 0 spiro atoms. The number of anilines is 1. The van der Waals surface area contributed by atoms with Crippen molar-refractivity contribution in [2.24, 2.45) is 0 Å². The summed E-state index contributed by atoms with van der Waals surface area (Å²) in [5.74, 6) is -0.110. The Bertz CT molecular complexity index is 811. The molecule has 3 rings (SSSR count). The number of halogens is 1. The lowest BCUT2D eigenvalue weighted by Gasteiger charge is -2.08.